The van der Waals surface area contributed by atoms with Gasteiger partial charge in [-0.15, -0.1) is 0 Å². The Labute approximate surface area is 119 Å². The summed E-state index contributed by atoms with van der Waals surface area (Å²) in [6.07, 6.45) is 5.50. The van der Waals surface area contributed by atoms with Crippen molar-refractivity contribution in [2.75, 3.05) is 11.9 Å². The van der Waals surface area contributed by atoms with Crippen molar-refractivity contribution < 1.29 is 0 Å². The van der Waals surface area contributed by atoms with Gasteiger partial charge in [0.05, 0.1) is 0 Å². The summed E-state index contributed by atoms with van der Waals surface area (Å²) in [5.41, 5.74) is 3.18. The van der Waals surface area contributed by atoms with Gasteiger partial charge in [-0.25, -0.2) is 19.9 Å². The first-order valence-electron chi connectivity index (χ1n) is 7.06. The molecule has 1 N–H and O–H groups in total. The fourth-order valence-electron chi connectivity index (χ4n) is 1.93. The van der Waals surface area contributed by atoms with Gasteiger partial charge in [-0.05, 0) is 32.3 Å². The molecule has 0 radical (unpaired) electrons. The number of aryl methyl sites for hydroxylation is 2. The summed E-state index contributed by atoms with van der Waals surface area (Å²) in [7, 11) is 0. The summed E-state index contributed by atoms with van der Waals surface area (Å²) >= 11 is 0. The van der Waals surface area contributed by atoms with Crippen LogP contribution in [0.2, 0.25) is 0 Å². The first-order chi connectivity index (χ1) is 9.65. The van der Waals surface area contributed by atoms with Crippen LogP contribution in [0.5, 0.6) is 0 Å². The highest BCUT2D eigenvalue weighted by atomic mass is 15.1. The number of anilines is 1. The normalized spacial score (nSPS) is 10.6. The second kappa shape index (κ2) is 6.41. The quantitative estimate of drug-likeness (QED) is 0.905. The van der Waals surface area contributed by atoms with Crippen LogP contribution in [0, 0.1) is 13.8 Å². The highest BCUT2D eigenvalue weighted by Crippen LogP contribution is 2.20. The highest BCUT2D eigenvalue weighted by Gasteiger charge is 2.12. The van der Waals surface area contributed by atoms with Crippen LogP contribution in [-0.2, 0) is 6.42 Å². The van der Waals surface area contributed by atoms with Gasteiger partial charge in [0.15, 0.2) is 11.6 Å². The highest BCUT2D eigenvalue weighted by molar-refractivity contribution is 5.53. The second-order valence-electron chi connectivity index (χ2n) is 4.83. The molecule has 106 valence electrons. The Morgan fingerprint density at radius 3 is 2.30 bits per heavy atom. The minimum Gasteiger partial charge on any atom is -0.370 e. The minimum atomic E-state index is 0.574. The van der Waals surface area contributed by atoms with Gasteiger partial charge in [-0.1, -0.05) is 13.8 Å². The molecule has 5 heteroatoms. The third kappa shape index (κ3) is 3.10. The second-order valence-corrected chi connectivity index (χ2v) is 4.83. The zero-order chi connectivity index (χ0) is 14.5. The van der Waals surface area contributed by atoms with Crippen LogP contribution >= 0.6 is 0 Å². The number of hydrogen-bond donors (Lipinski definition) is 1. The molecule has 2 heterocycles. The summed E-state index contributed by atoms with van der Waals surface area (Å²) < 4.78 is 0. The first kappa shape index (κ1) is 14.4. The predicted molar refractivity (Wildman–Crippen MR) is 80.7 cm³/mol. The molecule has 0 unspecified atom stereocenters. The van der Waals surface area contributed by atoms with Crippen molar-refractivity contribution >= 4 is 5.82 Å². The summed E-state index contributed by atoms with van der Waals surface area (Å²) in [6.45, 7) is 9.14. The zero-order valence-corrected chi connectivity index (χ0v) is 12.6. The van der Waals surface area contributed by atoms with Gasteiger partial charge in [0.2, 0.25) is 0 Å². The van der Waals surface area contributed by atoms with Crippen molar-refractivity contribution in [1.29, 1.82) is 0 Å². The maximum Gasteiger partial charge on any atom is 0.199 e. The Balaban J connectivity index is 2.44. The van der Waals surface area contributed by atoms with E-state index in [-0.39, 0.29) is 0 Å². The van der Waals surface area contributed by atoms with Gasteiger partial charge < -0.3 is 5.32 Å². The maximum absolute atomic E-state index is 4.58. The van der Waals surface area contributed by atoms with E-state index >= 15 is 0 Å². The molecule has 0 aromatic carbocycles. The lowest BCUT2D eigenvalue weighted by molar-refractivity contribution is 0.927. The van der Waals surface area contributed by atoms with Crippen molar-refractivity contribution in [2.45, 2.75) is 40.5 Å². The fourth-order valence-corrected chi connectivity index (χ4v) is 1.93. The molecule has 2 aromatic heterocycles. The monoisotopic (exact) mass is 271 g/mol. The SMILES string of the molecule is CCCNc1nc(-c2ncc(C)cn2)nc(CC)c1C. The molecular weight excluding hydrogens is 250 g/mol. The standard InChI is InChI=1S/C15H21N5/c1-5-7-16-13-11(4)12(6-2)19-15(20-13)14-17-8-10(3)9-18-14/h8-9H,5-7H2,1-4H3,(H,16,19,20). The minimum absolute atomic E-state index is 0.574. The van der Waals surface area contributed by atoms with E-state index in [1.807, 2.05) is 6.92 Å². The van der Waals surface area contributed by atoms with E-state index in [1.54, 1.807) is 12.4 Å². The van der Waals surface area contributed by atoms with Crippen LogP contribution in [0.3, 0.4) is 0 Å². The van der Waals surface area contributed by atoms with E-state index < -0.39 is 0 Å². The number of hydrogen-bond acceptors (Lipinski definition) is 5. The van der Waals surface area contributed by atoms with Crippen LogP contribution in [0.1, 0.15) is 37.1 Å². The average molecular weight is 271 g/mol. The zero-order valence-electron chi connectivity index (χ0n) is 12.6. The summed E-state index contributed by atoms with van der Waals surface area (Å²) in [5.74, 6) is 2.05. The summed E-state index contributed by atoms with van der Waals surface area (Å²) in [4.78, 5) is 17.8. The molecule has 0 atom stereocenters. The largest absolute Gasteiger partial charge is 0.370 e. The van der Waals surface area contributed by atoms with E-state index in [4.69, 9.17) is 0 Å². The number of nitrogens with zero attached hydrogens (tertiary/aromatic N) is 4. The molecule has 2 rings (SSSR count). The molecule has 0 bridgehead atoms. The van der Waals surface area contributed by atoms with Crippen molar-refractivity contribution in [1.82, 2.24) is 19.9 Å². The average Bonchev–Trinajstić information content (AvgIpc) is 2.47. The van der Waals surface area contributed by atoms with Crippen molar-refractivity contribution in [3.63, 3.8) is 0 Å². The van der Waals surface area contributed by atoms with Crippen LogP contribution in [0.25, 0.3) is 11.6 Å². The lowest BCUT2D eigenvalue weighted by Gasteiger charge is -2.12. The molecule has 0 saturated carbocycles. The lowest BCUT2D eigenvalue weighted by Crippen LogP contribution is -2.09. The van der Waals surface area contributed by atoms with Gasteiger partial charge in [0.1, 0.15) is 5.82 Å². The van der Waals surface area contributed by atoms with E-state index in [0.29, 0.717) is 11.6 Å². The molecule has 0 aliphatic heterocycles. The number of nitrogens with one attached hydrogen (secondary N) is 1. The number of rotatable bonds is 5. The topological polar surface area (TPSA) is 63.6 Å². The molecule has 0 aliphatic rings. The van der Waals surface area contributed by atoms with Crippen LogP contribution in [0.15, 0.2) is 12.4 Å². The molecule has 0 fully saturated rings. The maximum atomic E-state index is 4.58. The van der Waals surface area contributed by atoms with E-state index in [2.05, 4.69) is 46.0 Å². The van der Waals surface area contributed by atoms with E-state index in [1.165, 1.54) is 0 Å². The Bertz CT molecular complexity index is 578. The summed E-state index contributed by atoms with van der Waals surface area (Å²) in [5, 5.41) is 3.35. The number of aromatic nitrogens is 4. The van der Waals surface area contributed by atoms with Gasteiger partial charge in [0, 0.05) is 30.2 Å². The van der Waals surface area contributed by atoms with Gasteiger partial charge in [0.25, 0.3) is 0 Å². The molecule has 0 spiro atoms. The molecule has 5 nitrogen and oxygen atoms in total. The van der Waals surface area contributed by atoms with Gasteiger partial charge in [-0.2, -0.15) is 0 Å². The van der Waals surface area contributed by atoms with E-state index in [0.717, 1.165) is 42.0 Å². The third-order valence-electron chi connectivity index (χ3n) is 3.10. The molecule has 2 aromatic rings. The Morgan fingerprint density at radius 2 is 1.70 bits per heavy atom. The molecule has 20 heavy (non-hydrogen) atoms. The predicted octanol–water partition coefficient (Wildman–Crippen LogP) is 2.93. The van der Waals surface area contributed by atoms with Crippen LogP contribution in [-0.4, -0.2) is 26.5 Å². The lowest BCUT2D eigenvalue weighted by atomic mass is 10.2. The van der Waals surface area contributed by atoms with Crippen molar-refractivity contribution in [3.8, 4) is 11.6 Å². The molecule has 0 aliphatic carbocycles. The first-order valence-corrected chi connectivity index (χ1v) is 7.06. The summed E-state index contributed by atoms with van der Waals surface area (Å²) in [6, 6.07) is 0. The van der Waals surface area contributed by atoms with Crippen LogP contribution in [0.4, 0.5) is 5.82 Å². The van der Waals surface area contributed by atoms with E-state index in [9.17, 15) is 0 Å². The fraction of sp³-hybridized carbons (Fsp3) is 0.467. The molecule has 0 amide bonds. The Kier molecular flexibility index (Phi) is 4.61. The Hall–Kier alpha value is -2.04. The van der Waals surface area contributed by atoms with Crippen molar-refractivity contribution in [2.24, 2.45) is 0 Å². The van der Waals surface area contributed by atoms with Crippen molar-refractivity contribution in [3.05, 3.63) is 29.2 Å². The molecule has 0 saturated heterocycles. The van der Waals surface area contributed by atoms with Crippen LogP contribution < -0.4 is 5.32 Å². The Morgan fingerprint density at radius 1 is 1.00 bits per heavy atom. The smallest absolute Gasteiger partial charge is 0.199 e. The van der Waals surface area contributed by atoms with Gasteiger partial charge in [-0.3, -0.25) is 0 Å². The third-order valence-corrected chi connectivity index (χ3v) is 3.10. The molecular formula is C15H21N5. The van der Waals surface area contributed by atoms with Gasteiger partial charge >= 0.3 is 0 Å².